The second-order valence-corrected chi connectivity index (χ2v) is 4.18. The van der Waals surface area contributed by atoms with Crippen molar-refractivity contribution >= 4 is 11.0 Å². The number of aryl methyl sites for hydroxylation is 1. The summed E-state index contributed by atoms with van der Waals surface area (Å²) in [6.07, 6.45) is 1.64. The molecule has 0 spiro atoms. The lowest BCUT2D eigenvalue weighted by Gasteiger charge is -2.03. The number of H-pyrrole nitrogens is 1. The summed E-state index contributed by atoms with van der Waals surface area (Å²) < 4.78 is 1.43. The lowest BCUT2D eigenvalue weighted by Crippen LogP contribution is -2.23. The highest BCUT2D eigenvalue weighted by atomic mass is 16.1. The Balaban J connectivity index is 2.08. The van der Waals surface area contributed by atoms with Crippen molar-refractivity contribution < 1.29 is 0 Å². The molecule has 0 atom stereocenters. The molecule has 0 amide bonds. The third-order valence-electron chi connectivity index (χ3n) is 2.79. The number of aromatic amines is 1. The van der Waals surface area contributed by atoms with Gasteiger partial charge in [-0.25, -0.2) is 9.67 Å². The van der Waals surface area contributed by atoms with Crippen LogP contribution in [0.1, 0.15) is 11.4 Å². The van der Waals surface area contributed by atoms with E-state index in [9.17, 15) is 4.79 Å². The average Bonchev–Trinajstić information content (AvgIpc) is 2.76. The zero-order chi connectivity index (χ0) is 12.5. The van der Waals surface area contributed by atoms with Crippen molar-refractivity contribution in [3.8, 4) is 0 Å². The Kier molecular flexibility index (Phi) is 2.44. The van der Waals surface area contributed by atoms with Gasteiger partial charge in [-0.05, 0) is 12.5 Å². The SMILES string of the molecule is Cc1nc2c(=O)n(Cc3ccccc3)ncc2[nH]1. The maximum Gasteiger partial charge on any atom is 0.295 e. The van der Waals surface area contributed by atoms with Crippen molar-refractivity contribution in [1.29, 1.82) is 0 Å². The minimum atomic E-state index is -0.166. The van der Waals surface area contributed by atoms with Gasteiger partial charge in [0.2, 0.25) is 0 Å². The summed E-state index contributed by atoms with van der Waals surface area (Å²) in [7, 11) is 0. The summed E-state index contributed by atoms with van der Waals surface area (Å²) in [5.74, 6) is 0.723. The zero-order valence-electron chi connectivity index (χ0n) is 9.92. The van der Waals surface area contributed by atoms with Crippen LogP contribution in [0.15, 0.2) is 41.3 Å². The Hall–Kier alpha value is -2.43. The van der Waals surface area contributed by atoms with Crippen molar-refractivity contribution in [2.45, 2.75) is 13.5 Å². The molecule has 1 N–H and O–H groups in total. The van der Waals surface area contributed by atoms with Crippen molar-refractivity contribution in [1.82, 2.24) is 19.7 Å². The van der Waals surface area contributed by atoms with E-state index in [0.717, 1.165) is 11.4 Å². The van der Waals surface area contributed by atoms with Crippen molar-refractivity contribution in [2.24, 2.45) is 0 Å². The molecule has 0 fully saturated rings. The van der Waals surface area contributed by atoms with Gasteiger partial charge in [0.15, 0.2) is 5.52 Å². The van der Waals surface area contributed by atoms with Crippen molar-refractivity contribution in [3.63, 3.8) is 0 Å². The summed E-state index contributed by atoms with van der Waals surface area (Å²) in [5, 5.41) is 4.15. The van der Waals surface area contributed by atoms with E-state index in [4.69, 9.17) is 0 Å². The lowest BCUT2D eigenvalue weighted by molar-refractivity contribution is 0.646. The predicted octanol–water partition coefficient (Wildman–Crippen LogP) is 1.48. The Morgan fingerprint density at radius 2 is 2.06 bits per heavy atom. The van der Waals surface area contributed by atoms with Gasteiger partial charge in [0, 0.05) is 0 Å². The van der Waals surface area contributed by atoms with Gasteiger partial charge in [-0.15, -0.1) is 0 Å². The summed E-state index contributed by atoms with van der Waals surface area (Å²) in [6, 6.07) is 9.76. The van der Waals surface area contributed by atoms with Crippen LogP contribution in [0.4, 0.5) is 0 Å². The quantitative estimate of drug-likeness (QED) is 0.737. The molecule has 0 aliphatic heterocycles. The fourth-order valence-corrected chi connectivity index (χ4v) is 1.94. The summed E-state index contributed by atoms with van der Waals surface area (Å²) in [5.41, 5.74) is 2.00. The number of rotatable bonds is 2. The van der Waals surface area contributed by atoms with E-state index in [1.165, 1.54) is 4.68 Å². The summed E-state index contributed by atoms with van der Waals surface area (Å²) in [4.78, 5) is 19.4. The monoisotopic (exact) mass is 240 g/mol. The Morgan fingerprint density at radius 1 is 1.28 bits per heavy atom. The first-order valence-corrected chi connectivity index (χ1v) is 5.70. The van der Waals surface area contributed by atoms with E-state index in [0.29, 0.717) is 17.6 Å². The molecule has 2 heterocycles. The number of benzene rings is 1. The first-order valence-electron chi connectivity index (χ1n) is 5.70. The van der Waals surface area contributed by atoms with E-state index >= 15 is 0 Å². The fraction of sp³-hybridized carbons (Fsp3) is 0.154. The van der Waals surface area contributed by atoms with E-state index < -0.39 is 0 Å². The highest BCUT2D eigenvalue weighted by Crippen LogP contribution is 2.05. The largest absolute Gasteiger partial charge is 0.341 e. The third kappa shape index (κ3) is 1.79. The molecule has 5 nitrogen and oxygen atoms in total. The zero-order valence-corrected chi connectivity index (χ0v) is 9.92. The van der Waals surface area contributed by atoms with Crippen LogP contribution in [-0.2, 0) is 6.54 Å². The molecule has 5 heteroatoms. The van der Waals surface area contributed by atoms with Crippen LogP contribution >= 0.6 is 0 Å². The highest BCUT2D eigenvalue weighted by Gasteiger charge is 2.08. The third-order valence-corrected chi connectivity index (χ3v) is 2.79. The second kappa shape index (κ2) is 4.10. The predicted molar refractivity (Wildman–Crippen MR) is 68.4 cm³/mol. The van der Waals surface area contributed by atoms with Crippen LogP contribution in [0.25, 0.3) is 11.0 Å². The molecule has 0 aliphatic carbocycles. The highest BCUT2D eigenvalue weighted by molar-refractivity contribution is 5.72. The normalized spacial score (nSPS) is 10.9. The Labute approximate surface area is 103 Å². The molecule has 0 bridgehead atoms. The molecular formula is C13H12N4O. The molecule has 2 aromatic heterocycles. The van der Waals surface area contributed by atoms with Crippen LogP contribution in [0.3, 0.4) is 0 Å². The van der Waals surface area contributed by atoms with Gasteiger partial charge in [-0.3, -0.25) is 4.79 Å². The fourth-order valence-electron chi connectivity index (χ4n) is 1.94. The Bertz CT molecular complexity index is 743. The second-order valence-electron chi connectivity index (χ2n) is 4.18. The summed E-state index contributed by atoms with van der Waals surface area (Å²) in [6.45, 7) is 2.28. The maximum atomic E-state index is 12.2. The van der Waals surface area contributed by atoms with Gasteiger partial charge in [0.25, 0.3) is 5.56 Å². The number of nitrogens with one attached hydrogen (secondary N) is 1. The molecule has 3 rings (SSSR count). The topological polar surface area (TPSA) is 63.6 Å². The molecule has 0 saturated heterocycles. The van der Waals surface area contributed by atoms with E-state index in [2.05, 4.69) is 15.1 Å². The van der Waals surface area contributed by atoms with Crippen LogP contribution < -0.4 is 5.56 Å². The van der Waals surface area contributed by atoms with Gasteiger partial charge in [0.05, 0.1) is 18.3 Å². The van der Waals surface area contributed by atoms with E-state index in [1.807, 2.05) is 37.3 Å². The first-order chi connectivity index (χ1) is 8.74. The molecule has 3 aromatic rings. The number of fused-ring (bicyclic) bond motifs is 1. The maximum absolute atomic E-state index is 12.2. The van der Waals surface area contributed by atoms with Crippen LogP contribution in [0, 0.1) is 6.92 Å². The van der Waals surface area contributed by atoms with Crippen LogP contribution in [0.2, 0.25) is 0 Å². The van der Waals surface area contributed by atoms with Gasteiger partial charge in [0.1, 0.15) is 5.82 Å². The smallest absolute Gasteiger partial charge is 0.295 e. The molecule has 0 saturated carbocycles. The number of nitrogens with zero attached hydrogens (tertiary/aromatic N) is 3. The molecule has 0 aliphatic rings. The molecule has 1 aromatic carbocycles. The Morgan fingerprint density at radius 3 is 2.83 bits per heavy atom. The van der Waals surface area contributed by atoms with Gasteiger partial charge < -0.3 is 4.98 Å². The molecular weight excluding hydrogens is 228 g/mol. The number of aromatic nitrogens is 4. The van der Waals surface area contributed by atoms with E-state index in [1.54, 1.807) is 6.20 Å². The van der Waals surface area contributed by atoms with Gasteiger partial charge >= 0.3 is 0 Å². The molecule has 0 radical (unpaired) electrons. The van der Waals surface area contributed by atoms with Crippen molar-refractivity contribution in [3.05, 3.63) is 58.3 Å². The molecule has 18 heavy (non-hydrogen) atoms. The number of imidazole rings is 1. The van der Waals surface area contributed by atoms with Crippen LogP contribution in [-0.4, -0.2) is 19.7 Å². The van der Waals surface area contributed by atoms with E-state index in [-0.39, 0.29) is 5.56 Å². The number of hydrogen-bond donors (Lipinski definition) is 1. The minimum Gasteiger partial charge on any atom is -0.341 e. The number of hydrogen-bond acceptors (Lipinski definition) is 3. The van der Waals surface area contributed by atoms with Crippen LogP contribution in [0.5, 0.6) is 0 Å². The lowest BCUT2D eigenvalue weighted by atomic mass is 10.2. The van der Waals surface area contributed by atoms with Gasteiger partial charge in [-0.1, -0.05) is 30.3 Å². The standard InChI is InChI=1S/C13H12N4O/c1-9-15-11-7-14-17(13(18)12(11)16-9)8-10-5-3-2-4-6-10/h2-7H,8H2,1H3,(H,15,16). The summed E-state index contributed by atoms with van der Waals surface area (Å²) >= 11 is 0. The van der Waals surface area contributed by atoms with Gasteiger partial charge in [-0.2, -0.15) is 5.10 Å². The average molecular weight is 240 g/mol. The molecule has 0 unspecified atom stereocenters. The minimum absolute atomic E-state index is 0.166. The first kappa shape index (κ1) is 10.7. The van der Waals surface area contributed by atoms with Crippen molar-refractivity contribution in [2.75, 3.05) is 0 Å². The molecule has 90 valence electrons.